The van der Waals surface area contributed by atoms with Crippen molar-refractivity contribution in [3.8, 4) is 0 Å². The Morgan fingerprint density at radius 1 is 0.764 bits per heavy atom. The second-order valence-corrected chi connectivity index (χ2v) is 21.1. The van der Waals surface area contributed by atoms with E-state index in [0.29, 0.717) is 52.2 Å². The minimum absolute atomic E-state index is 0.0995. The second-order valence-electron chi connectivity index (χ2n) is 21.1. The molecule has 20 nitrogen and oxygen atoms in total. The molecule has 7 heterocycles. The number of nitrogens with zero attached hydrogens (tertiary/aromatic N) is 10. The summed E-state index contributed by atoms with van der Waals surface area (Å²) in [5.74, 6) is 0.319. The van der Waals surface area contributed by atoms with Gasteiger partial charge in [0.1, 0.15) is 17.4 Å². The maximum atomic E-state index is 13.8. The fraction of sp³-hybridized carbons (Fsp3) is 0.635. The van der Waals surface area contributed by atoms with E-state index in [1.54, 1.807) is 29.9 Å². The van der Waals surface area contributed by atoms with Gasteiger partial charge in [-0.2, -0.15) is 10.1 Å². The number of hydrogen-bond acceptors (Lipinski definition) is 16. The van der Waals surface area contributed by atoms with Crippen LogP contribution in [-0.2, 0) is 26.2 Å². The van der Waals surface area contributed by atoms with Crippen LogP contribution in [0.3, 0.4) is 0 Å². The maximum absolute atomic E-state index is 13.8. The van der Waals surface area contributed by atoms with Gasteiger partial charge in [0.05, 0.1) is 29.6 Å². The van der Waals surface area contributed by atoms with Gasteiger partial charge in [0.25, 0.3) is 11.8 Å². The number of aromatic nitrogens is 4. The standard InChI is InChI=1S/C52H71N13O7/c1-3-72-51(71)43-30-53-52(56-38-29-54-59(2)33-38)58-46(43)55-37-8-10-39(11-9-37)62-24-26-64(27-25-62)48(68)36-6-4-34(5-7-36)31-60-18-16-35(17-19-60)32-61-20-22-63(23-21-61)40-12-13-41-42(28-40)50(70)65(49(41)69)44-14-15-45(66)57-47(44)67/h12-13,28-30,33-37,39,44H,3-11,14-27,31-32H2,1-2H3,(H,57,66,67)(H2,53,55,56,58). The number of piperazine rings is 2. The van der Waals surface area contributed by atoms with Gasteiger partial charge in [0.15, 0.2) is 0 Å². The predicted molar refractivity (Wildman–Crippen MR) is 269 cm³/mol. The first kappa shape index (κ1) is 49.6. The SMILES string of the molecule is CCOC(=O)c1cnc(Nc2cnn(C)c2)nc1NC1CCC(N2CCN(C(=O)C3CCC(CN4CCC(CN5CCN(c6ccc7c(c6)C(=O)N(C6CCC(=O)NC6=O)C7=O)CC5)CC4)CC3)CC2)CC1. The van der Waals surface area contributed by atoms with Gasteiger partial charge in [-0.15, -0.1) is 0 Å². The molecule has 2 saturated carbocycles. The predicted octanol–water partition coefficient (Wildman–Crippen LogP) is 3.74. The van der Waals surface area contributed by atoms with Gasteiger partial charge >= 0.3 is 5.97 Å². The molecule has 6 fully saturated rings. The van der Waals surface area contributed by atoms with E-state index in [2.05, 4.69) is 55.5 Å². The van der Waals surface area contributed by atoms with E-state index in [9.17, 15) is 28.8 Å². The number of likely N-dealkylation sites (tertiary alicyclic amines) is 1. The molecule has 0 spiro atoms. The van der Waals surface area contributed by atoms with Gasteiger partial charge < -0.3 is 30.1 Å². The fourth-order valence-electron chi connectivity index (χ4n) is 12.4. The molecule has 386 valence electrons. The molecular formula is C52H71N13O7. The lowest BCUT2D eigenvalue weighted by Crippen LogP contribution is -2.54. The lowest BCUT2D eigenvalue weighted by Gasteiger charge is -2.43. The topological polar surface area (TPSA) is 211 Å². The van der Waals surface area contributed by atoms with Crippen molar-refractivity contribution in [2.24, 2.45) is 24.8 Å². The van der Waals surface area contributed by atoms with Crippen molar-refractivity contribution >= 4 is 58.6 Å². The number of nitrogens with one attached hydrogen (secondary N) is 3. The molecule has 0 bridgehead atoms. The normalized spacial score (nSPS) is 26.1. The molecule has 1 unspecified atom stereocenters. The van der Waals surface area contributed by atoms with E-state index in [4.69, 9.17) is 4.74 Å². The highest BCUT2D eigenvalue weighted by atomic mass is 16.5. The van der Waals surface area contributed by atoms with Crippen LogP contribution in [-0.4, -0.2) is 183 Å². The number of piperidine rings is 2. The van der Waals surface area contributed by atoms with E-state index in [1.165, 1.54) is 19.0 Å². The van der Waals surface area contributed by atoms with Crippen LogP contribution in [0.15, 0.2) is 36.8 Å². The Balaban J connectivity index is 0.603. The van der Waals surface area contributed by atoms with E-state index in [1.807, 2.05) is 19.3 Å². The van der Waals surface area contributed by atoms with Crippen LogP contribution in [0.5, 0.6) is 0 Å². The third-order valence-corrected chi connectivity index (χ3v) is 16.5. The third kappa shape index (κ3) is 11.1. The number of aryl methyl sites for hydroxylation is 1. The minimum Gasteiger partial charge on any atom is -0.462 e. The van der Waals surface area contributed by atoms with Gasteiger partial charge in [-0.05, 0) is 121 Å². The Kier molecular flexibility index (Phi) is 15.2. The highest BCUT2D eigenvalue weighted by Gasteiger charge is 2.45. The van der Waals surface area contributed by atoms with E-state index in [0.717, 1.165) is 146 Å². The molecule has 1 atom stereocenters. The van der Waals surface area contributed by atoms with Crippen LogP contribution in [0, 0.1) is 17.8 Å². The molecule has 20 heteroatoms. The van der Waals surface area contributed by atoms with Crippen molar-refractivity contribution in [1.29, 1.82) is 0 Å². The maximum Gasteiger partial charge on any atom is 0.343 e. The largest absolute Gasteiger partial charge is 0.462 e. The van der Waals surface area contributed by atoms with Gasteiger partial charge in [0.2, 0.25) is 23.7 Å². The number of esters is 1. The number of amides is 5. The van der Waals surface area contributed by atoms with Crippen molar-refractivity contribution in [2.75, 3.05) is 101 Å². The molecule has 2 aliphatic carbocycles. The summed E-state index contributed by atoms with van der Waals surface area (Å²) in [6, 6.07) is 5.08. The number of ether oxygens (including phenoxy) is 1. The number of benzene rings is 1. The molecule has 0 radical (unpaired) electrons. The van der Waals surface area contributed by atoms with Gasteiger partial charge in [-0.3, -0.25) is 48.7 Å². The van der Waals surface area contributed by atoms with Gasteiger partial charge in [-0.1, -0.05) is 0 Å². The van der Waals surface area contributed by atoms with Crippen LogP contribution < -0.4 is 20.9 Å². The summed E-state index contributed by atoms with van der Waals surface area (Å²) in [6.45, 7) is 13.5. The van der Waals surface area contributed by atoms with Crippen LogP contribution in [0.2, 0.25) is 0 Å². The molecule has 1 aromatic carbocycles. The molecule has 3 N–H and O–H groups in total. The third-order valence-electron chi connectivity index (χ3n) is 16.5. The minimum atomic E-state index is -0.964. The number of carbonyl (C=O) groups is 6. The molecule has 5 amide bonds. The molecule has 4 saturated heterocycles. The zero-order valence-electron chi connectivity index (χ0n) is 41.9. The number of carbonyl (C=O) groups excluding carboxylic acids is 6. The van der Waals surface area contributed by atoms with Crippen LogP contribution in [0.4, 0.5) is 23.1 Å². The van der Waals surface area contributed by atoms with Crippen molar-refractivity contribution in [2.45, 2.75) is 102 Å². The summed E-state index contributed by atoms with van der Waals surface area (Å²) in [5.41, 5.74) is 2.62. The first-order valence-corrected chi connectivity index (χ1v) is 26.6. The zero-order chi connectivity index (χ0) is 49.9. The summed E-state index contributed by atoms with van der Waals surface area (Å²) in [4.78, 5) is 99.7. The second kappa shape index (κ2) is 22.0. The Morgan fingerprint density at radius 2 is 1.46 bits per heavy atom. The van der Waals surface area contributed by atoms with E-state index >= 15 is 0 Å². The van der Waals surface area contributed by atoms with Crippen molar-refractivity contribution in [3.05, 3.63) is 53.5 Å². The summed E-state index contributed by atoms with van der Waals surface area (Å²) >= 11 is 0. The molecule has 3 aromatic rings. The summed E-state index contributed by atoms with van der Waals surface area (Å²) in [5, 5.41) is 13.2. The van der Waals surface area contributed by atoms with Crippen LogP contribution >= 0.6 is 0 Å². The zero-order valence-corrected chi connectivity index (χ0v) is 41.9. The Morgan fingerprint density at radius 3 is 2.14 bits per heavy atom. The fourth-order valence-corrected chi connectivity index (χ4v) is 12.4. The molecular weight excluding hydrogens is 919 g/mol. The molecule has 7 aliphatic rings. The number of imide groups is 2. The quantitative estimate of drug-likeness (QED) is 0.155. The molecule has 5 aliphatic heterocycles. The Bertz CT molecular complexity index is 2480. The van der Waals surface area contributed by atoms with E-state index < -0.39 is 29.7 Å². The number of rotatable bonds is 14. The van der Waals surface area contributed by atoms with Crippen molar-refractivity contribution in [3.63, 3.8) is 0 Å². The highest BCUT2D eigenvalue weighted by Crippen LogP contribution is 2.35. The summed E-state index contributed by atoms with van der Waals surface area (Å²) < 4.78 is 7.01. The van der Waals surface area contributed by atoms with Gasteiger partial charge in [0, 0.05) is 115 Å². The Hall–Kier alpha value is -5.99. The Labute approximate surface area is 421 Å². The average Bonchev–Trinajstić information content (AvgIpc) is 3.92. The highest BCUT2D eigenvalue weighted by molar-refractivity contribution is 6.23. The summed E-state index contributed by atoms with van der Waals surface area (Å²) in [6.07, 6.45) is 15.9. The van der Waals surface area contributed by atoms with Crippen LogP contribution in [0.25, 0.3) is 0 Å². The molecule has 10 rings (SSSR count). The van der Waals surface area contributed by atoms with Crippen molar-refractivity contribution in [1.82, 2.24) is 49.6 Å². The van der Waals surface area contributed by atoms with Gasteiger partial charge in [-0.25, -0.2) is 9.78 Å². The number of fused-ring (bicyclic) bond motifs is 1. The smallest absolute Gasteiger partial charge is 0.343 e. The lowest BCUT2D eigenvalue weighted by molar-refractivity contribution is -0.139. The van der Waals surface area contributed by atoms with Crippen molar-refractivity contribution < 1.29 is 33.5 Å². The first-order valence-electron chi connectivity index (χ1n) is 26.6. The number of hydrogen-bond donors (Lipinski definition) is 3. The molecule has 2 aromatic heterocycles. The average molecular weight is 990 g/mol. The molecule has 72 heavy (non-hydrogen) atoms. The van der Waals surface area contributed by atoms with E-state index in [-0.39, 0.29) is 37.3 Å². The lowest BCUT2D eigenvalue weighted by atomic mass is 9.80. The monoisotopic (exact) mass is 990 g/mol. The van der Waals surface area contributed by atoms with Crippen LogP contribution in [0.1, 0.15) is 115 Å². The first-order chi connectivity index (χ1) is 35.0. The number of anilines is 4. The summed E-state index contributed by atoms with van der Waals surface area (Å²) in [7, 11) is 1.84.